The number of carbonyl (C=O) groups is 2. The van der Waals surface area contributed by atoms with Crippen LogP contribution in [0.3, 0.4) is 0 Å². The largest absolute Gasteiger partial charge is 0.466 e. The first-order chi connectivity index (χ1) is 40.0. The van der Waals surface area contributed by atoms with E-state index in [9.17, 15) is 19.8 Å². The first kappa shape index (κ1) is 79.9. The van der Waals surface area contributed by atoms with E-state index in [1.807, 2.05) is 0 Å². The minimum atomic E-state index is -0.662. The lowest BCUT2D eigenvalue weighted by molar-refractivity contribution is -0.143. The third-order valence-corrected chi connectivity index (χ3v) is 18.2. The van der Waals surface area contributed by atoms with Gasteiger partial charge in [0.05, 0.1) is 25.4 Å². The molecule has 484 valence electrons. The van der Waals surface area contributed by atoms with Crippen LogP contribution in [0, 0.1) is 0 Å². The predicted molar refractivity (Wildman–Crippen MR) is 357 cm³/mol. The molecule has 0 aliphatic heterocycles. The third kappa shape index (κ3) is 67.9. The van der Waals surface area contributed by atoms with Gasteiger partial charge >= 0.3 is 5.97 Å². The zero-order valence-electron chi connectivity index (χ0n) is 55.6. The summed E-state index contributed by atoms with van der Waals surface area (Å²) >= 11 is 0. The van der Waals surface area contributed by atoms with Crippen molar-refractivity contribution in [3.8, 4) is 0 Å². The minimum Gasteiger partial charge on any atom is -0.466 e. The predicted octanol–water partition coefficient (Wildman–Crippen LogP) is 24.5. The Balaban J connectivity index is 3.33. The Morgan fingerprint density at radius 3 is 0.753 bits per heavy atom. The Labute approximate surface area is 508 Å². The summed E-state index contributed by atoms with van der Waals surface area (Å²) in [6.45, 7) is 5.02. The second kappa shape index (κ2) is 71.3. The number of hydrogen-bond acceptors (Lipinski definition) is 5. The summed E-state index contributed by atoms with van der Waals surface area (Å²) in [6.07, 6.45) is 87.4. The lowest BCUT2D eigenvalue weighted by Gasteiger charge is -2.22. The van der Waals surface area contributed by atoms with Crippen molar-refractivity contribution >= 4 is 11.9 Å². The van der Waals surface area contributed by atoms with E-state index in [4.69, 9.17) is 4.74 Å². The fourth-order valence-electron chi connectivity index (χ4n) is 12.4. The summed E-state index contributed by atoms with van der Waals surface area (Å²) in [6, 6.07) is -0.539. The molecule has 0 fully saturated rings. The zero-order valence-corrected chi connectivity index (χ0v) is 55.6. The van der Waals surface area contributed by atoms with E-state index >= 15 is 0 Å². The van der Waals surface area contributed by atoms with Crippen molar-refractivity contribution in [2.45, 2.75) is 456 Å². The van der Waals surface area contributed by atoms with Crippen LogP contribution in [-0.2, 0) is 14.3 Å². The molecule has 0 aromatic rings. The van der Waals surface area contributed by atoms with Crippen LogP contribution in [0.2, 0.25) is 0 Å². The Morgan fingerprint density at radius 2 is 0.506 bits per heavy atom. The highest BCUT2D eigenvalue weighted by Gasteiger charge is 2.20. The Morgan fingerprint density at radius 1 is 0.296 bits per heavy atom. The van der Waals surface area contributed by atoms with Gasteiger partial charge < -0.3 is 20.3 Å². The Kier molecular flexibility index (Phi) is 70.3. The van der Waals surface area contributed by atoms with Gasteiger partial charge in [-0.05, 0) is 25.7 Å². The second-order valence-electron chi connectivity index (χ2n) is 26.4. The number of aliphatic hydroxyl groups is 2. The number of aliphatic hydroxyl groups excluding tert-OH is 2. The van der Waals surface area contributed by atoms with Crippen molar-refractivity contribution in [1.82, 2.24) is 5.32 Å². The molecule has 0 aromatic heterocycles. The molecule has 0 aliphatic rings. The number of ether oxygens (including phenoxy) is 1. The van der Waals surface area contributed by atoms with Crippen LogP contribution in [0.5, 0.6) is 0 Å². The van der Waals surface area contributed by atoms with Crippen molar-refractivity contribution in [3.05, 3.63) is 0 Å². The maximum Gasteiger partial charge on any atom is 0.305 e. The molecular formula is C75H149NO5. The summed E-state index contributed by atoms with van der Waals surface area (Å²) in [4.78, 5) is 24.6. The third-order valence-electron chi connectivity index (χ3n) is 18.2. The van der Waals surface area contributed by atoms with E-state index in [2.05, 4.69) is 19.2 Å². The number of amides is 1. The van der Waals surface area contributed by atoms with E-state index < -0.39 is 12.1 Å². The number of rotatable bonds is 72. The van der Waals surface area contributed by atoms with E-state index in [0.717, 1.165) is 38.5 Å². The molecule has 1 amide bonds. The van der Waals surface area contributed by atoms with Gasteiger partial charge in [0, 0.05) is 12.8 Å². The first-order valence-corrected chi connectivity index (χ1v) is 37.8. The van der Waals surface area contributed by atoms with Crippen LogP contribution in [0.25, 0.3) is 0 Å². The van der Waals surface area contributed by atoms with Gasteiger partial charge in [0.1, 0.15) is 0 Å². The van der Waals surface area contributed by atoms with Crippen LogP contribution in [0.1, 0.15) is 444 Å². The molecule has 3 N–H and O–H groups in total. The van der Waals surface area contributed by atoms with E-state index in [1.165, 1.54) is 372 Å². The highest BCUT2D eigenvalue weighted by Crippen LogP contribution is 2.20. The van der Waals surface area contributed by atoms with Crippen LogP contribution >= 0.6 is 0 Å². The second-order valence-corrected chi connectivity index (χ2v) is 26.4. The summed E-state index contributed by atoms with van der Waals surface area (Å²) in [5.74, 6) is -0.00237. The van der Waals surface area contributed by atoms with Crippen molar-refractivity contribution < 1.29 is 24.5 Å². The van der Waals surface area contributed by atoms with Gasteiger partial charge in [-0.25, -0.2) is 0 Å². The zero-order chi connectivity index (χ0) is 58.5. The molecule has 2 atom stereocenters. The average Bonchev–Trinajstić information content (AvgIpc) is 3.47. The highest BCUT2D eigenvalue weighted by molar-refractivity contribution is 5.76. The molecular weight excluding hydrogens is 995 g/mol. The van der Waals surface area contributed by atoms with Gasteiger partial charge in [-0.1, -0.05) is 406 Å². The molecule has 0 bridgehead atoms. The Bertz CT molecular complexity index is 1180. The average molecular weight is 1150 g/mol. The smallest absolute Gasteiger partial charge is 0.305 e. The van der Waals surface area contributed by atoms with E-state index in [1.54, 1.807) is 0 Å². The summed E-state index contributed by atoms with van der Waals surface area (Å²) in [5.41, 5.74) is 0. The van der Waals surface area contributed by atoms with E-state index in [-0.39, 0.29) is 18.5 Å². The van der Waals surface area contributed by atoms with Gasteiger partial charge in [-0.3, -0.25) is 9.59 Å². The van der Waals surface area contributed by atoms with E-state index in [0.29, 0.717) is 25.9 Å². The molecule has 0 spiro atoms. The molecule has 0 radical (unpaired) electrons. The molecule has 0 saturated carbocycles. The molecule has 0 saturated heterocycles. The number of hydrogen-bond donors (Lipinski definition) is 3. The van der Waals surface area contributed by atoms with Gasteiger partial charge in [-0.15, -0.1) is 0 Å². The normalized spacial score (nSPS) is 12.4. The highest BCUT2D eigenvalue weighted by atomic mass is 16.5. The summed E-state index contributed by atoms with van der Waals surface area (Å²) < 4.78 is 5.51. The number of unbranched alkanes of at least 4 members (excludes halogenated alkanes) is 61. The standard InChI is InChI=1S/C75H149NO5/c1-3-5-7-9-11-13-15-17-19-21-22-33-36-39-43-47-51-55-59-63-67-73(78)72(71-77)76-74(79)68-64-60-56-52-48-44-40-37-34-31-29-27-25-23-24-26-28-30-32-35-38-42-46-50-54-58-62-66-70-81-75(80)69-65-61-57-53-49-45-41-20-18-16-14-12-10-8-6-4-2/h72-73,77-78H,3-71H2,1-2H3,(H,76,79). The number of esters is 1. The monoisotopic (exact) mass is 1140 g/mol. The Hall–Kier alpha value is -1.14. The molecule has 6 nitrogen and oxygen atoms in total. The van der Waals surface area contributed by atoms with Crippen molar-refractivity contribution in [2.24, 2.45) is 0 Å². The topological polar surface area (TPSA) is 95.9 Å². The lowest BCUT2D eigenvalue weighted by Crippen LogP contribution is -2.45. The quantitative estimate of drug-likeness (QED) is 0.0417. The van der Waals surface area contributed by atoms with Crippen molar-refractivity contribution in [2.75, 3.05) is 13.2 Å². The SMILES string of the molecule is CCCCCCCCCCCCCCCCCCCCCCC(O)C(CO)NC(=O)CCCCCCCCCCCCCCCCCCCCCCCCCCCCCCOC(=O)CCCCCCCCCCCCCCCCCC. The molecule has 0 aromatic carbocycles. The number of nitrogens with one attached hydrogen (secondary N) is 1. The summed E-state index contributed by atoms with van der Waals surface area (Å²) in [7, 11) is 0. The molecule has 0 aliphatic carbocycles. The van der Waals surface area contributed by atoms with Crippen LogP contribution in [0.15, 0.2) is 0 Å². The summed E-state index contributed by atoms with van der Waals surface area (Å²) in [5, 5.41) is 23.4. The maximum atomic E-state index is 12.6. The molecule has 0 heterocycles. The van der Waals surface area contributed by atoms with Crippen LogP contribution < -0.4 is 5.32 Å². The molecule has 81 heavy (non-hydrogen) atoms. The first-order valence-electron chi connectivity index (χ1n) is 37.8. The number of carbonyl (C=O) groups excluding carboxylic acids is 2. The van der Waals surface area contributed by atoms with Crippen LogP contribution in [0.4, 0.5) is 0 Å². The lowest BCUT2D eigenvalue weighted by atomic mass is 10.0. The van der Waals surface area contributed by atoms with Gasteiger partial charge in [0.15, 0.2) is 0 Å². The molecule has 6 heteroatoms. The fourth-order valence-corrected chi connectivity index (χ4v) is 12.4. The minimum absolute atomic E-state index is 0.0238. The van der Waals surface area contributed by atoms with Gasteiger partial charge in [-0.2, -0.15) is 0 Å². The van der Waals surface area contributed by atoms with Crippen molar-refractivity contribution in [1.29, 1.82) is 0 Å². The maximum absolute atomic E-state index is 12.6. The molecule has 2 unspecified atom stereocenters. The van der Waals surface area contributed by atoms with Crippen molar-refractivity contribution in [3.63, 3.8) is 0 Å². The van der Waals surface area contributed by atoms with Gasteiger partial charge in [0.2, 0.25) is 5.91 Å². The van der Waals surface area contributed by atoms with Gasteiger partial charge in [0.25, 0.3) is 0 Å². The fraction of sp³-hybridized carbons (Fsp3) is 0.973. The molecule has 0 rings (SSSR count). The van der Waals surface area contributed by atoms with Crippen LogP contribution in [-0.4, -0.2) is 47.4 Å².